The molecule has 2 aromatic heterocycles. The summed E-state index contributed by atoms with van der Waals surface area (Å²) in [5.41, 5.74) is 8.33. The number of rotatable bonds is 2. The number of carbonyl (C=O) groups excluding carboxylic acids is 1. The molecule has 3 N–H and O–H groups in total. The standard InChI is InChI=1S/C15H12BrN3OS/c1-8-5-9(16)7-10(6-8)19-14(20)13-12(17)11-3-2-4-18-15(11)21-13/h2-7H,17H2,1H3,(H,19,20). The van der Waals surface area contributed by atoms with Gasteiger partial charge in [0.2, 0.25) is 0 Å². The molecule has 3 rings (SSSR count). The van der Waals surface area contributed by atoms with Crippen molar-refractivity contribution in [3.8, 4) is 0 Å². The summed E-state index contributed by atoms with van der Waals surface area (Å²) in [4.78, 5) is 17.9. The van der Waals surface area contributed by atoms with Crippen LogP contribution in [0.15, 0.2) is 41.0 Å². The summed E-state index contributed by atoms with van der Waals surface area (Å²) in [6.07, 6.45) is 1.69. The zero-order valence-electron chi connectivity index (χ0n) is 11.2. The second-order valence-corrected chi connectivity index (χ2v) is 6.59. The lowest BCUT2D eigenvalue weighted by Gasteiger charge is -2.06. The van der Waals surface area contributed by atoms with Gasteiger partial charge in [-0.15, -0.1) is 11.3 Å². The first-order valence-electron chi connectivity index (χ1n) is 6.26. The van der Waals surface area contributed by atoms with Crippen LogP contribution in [0.3, 0.4) is 0 Å². The summed E-state index contributed by atoms with van der Waals surface area (Å²) < 4.78 is 0.920. The van der Waals surface area contributed by atoms with Crippen molar-refractivity contribution in [2.45, 2.75) is 6.92 Å². The Balaban J connectivity index is 1.95. The van der Waals surface area contributed by atoms with E-state index in [4.69, 9.17) is 5.73 Å². The predicted octanol–water partition coefficient (Wildman–Crippen LogP) is 4.20. The molecule has 2 heterocycles. The Kier molecular flexibility index (Phi) is 3.65. The number of pyridine rings is 1. The zero-order valence-corrected chi connectivity index (χ0v) is 13.6. The number of fused-ring (bicyclic) bond motifs is 1. The number of aromatic nitrogens is 1. The number of hydrogen-bond acceptors (Lipinski definition) is 4. The number of amides is 1. The molecular formula is C15H12BrN3OS. The average molecular weight is 362 g/mol. The van der Waals surface area contributed by atoms with E-state index in [0.717, 1.165) is 25.9 Å². The Hall–Kier alpha value is -1.92. The molecule has 0 saturated heterocycles. The number of carbonyl (C=O) groups is 1. The van der Waals surface area contributed by atoms with Crippen LogP contribution in [0.25, 0.3) is 10.2 Å². The van der Waals surface area contributed by atoms with Gasteiger partial charge in [-0.05, 0) is 42.8 Å². The van der Waals surface area contributed by atoms with Crippen molar-refractivity contribution in [1.29, 1.82) is 0 Å². The second kappa shape index (κ2) is 5.46. The number of nitrogens with zero attached hydrogens (tertiary/aromatic N) is 1. The molecule has 0 spiro atoms. The first-order chi connectivity index (χ1) is 10.0. The van der Waals surface area contributed by atoms with Gasteiger partial charge in [0.25, 0.3) is 5.91 Å². The van der Waals surface area contributed by atoms with E-state index in [9.17, 15) is 4.79 Å². The maximum absolute atomic E-state index is 12.4. The smallest absolute Gasteiger partial charge is 0.267 e. The van der Waals surface area contributed by atoms with Gasteiger partial charge >= 0.3 is 0 Å². The van der Waals surface area contributed by atoms with Gasteiger partial charge in [0.15, 0.2) is 0 Å². The number of anilines is 2. The molecule has 0 aliphatic rings. The van der Waals surface area contributed by atoms with Crippen molar-refractivity contribution in [1.82, 2.24) is 4.98 Å². The molecule has 0 aliphatic heterocycles. The van der Waals surface area contributed by atoms with Crippen molar-refractivity contribution in [2.24, 2.45) is 0 Å². The molecule has 1 amide bonds. The Bertz CT molecular complexity index is 824. The van der Waals surface area contributed by atoms with Crippen molar-refractivity contribution in [3.63, 3.8) is 0 Å². The minimum atomic E-state index is -0.215. The monoisotopic (exact) mass is 361 g/mol. The van der Waals surface area contributed by atoms with E-state index < -0.39 is 0 Å². The number of nitrogen functional groups attached to an aromatic ring is 1. The van der Waals surface area contributed by atoms with Crippen molar-refractivity contribution >= 4 is 54.8 Å². The normalized spacial score (nSPS) is 10.8. The lowest BCUT2D eigenvalue weighted by atomic mass is 10.2. The minimum Gasteiger partial charge on any atom is -0.397 e. The Morgan fingerprint density at radius 2 is 2.19 bits per heavy atom. The maximum Gasteiger partial charge on any atom is 0.267 e. The van der Waals surface area contributed by atoms with E-state index in [1.807, 2.05) is 37.3 Å². The number of benzene rings is 1. The average Bonchev–Trinajstić information content (AvgIpc) is 2.76. The fraction of sp³-hybridized carbons (Fsp3) is 0.0667. The lowest BCUT2D eigenvalue weighted by Crippen LogP contribution is -2.12. The molecule has 0 bridgehead atoms. The van der Waals surface area contributed by atoms with E-state index >= 15 is 0 Å². The topological polar surface area (TPSA) is 68.0 Å². The molecule has 0 radical (unpaired) electrons. The first kappa shape index (κ1) is 14.0. The summed E-state index contributed by atoms with van der Waals surface area (Å²) in [6.45, 7) is 1.97. The van der Waals surface area contributed by atoms with Gasteiger partial charge in [-0.2, -0.15) is 0 Å². The molecule has 0 aliphatic carbocycles. The highest BCUT2D eigenvalue weighted by Crippen LogP contribution is 2.32. The van der Waals surface area contributed by atoms with Gasteiger partial charge < -0.3 is 11.1 Å². The van der Waals surface area contributed by atoms with Gasteiger partial charge in [-0.1, -0.05) is 15.9 Å². The van der Waals surface area contributed by atoms with Crippen LogP contribution in [0, 0.1) is 6.92 Å². The molecule has 4 nitrogen and oxygen atoms in total. The molecular weight excluding hydrogens is 350 g/mol. The van der Waals surface area contributed by atoms with Gasteiger partial charge in [-0.3, -0.25) is 4.79 Å². The summed E-state index contributed by atoms with van der Waals surface area (Å²) >= 11 is 4.72. The predicted molar refractivity (Wildman–Crippen MR) is 90.9 cm³/mol. The van der Waals surface area contributed by atoms with Crippen LogP contribution in [0.1, 0.15) is 15.2 Å². The highest BCUT2D eigenvalue weighted by atomic mass is 79.9. The summed E-state index contributed by atoms with van der Waals surface area (Å²) in [5.74, 6) is -0.215. The Morgan fingerprint density at radius 1 is 1.38 bits per heavy atom. The maximum atomic E-state index is 12.4. The van der Waals surface area contributed by atoms with Crippen LogP contribution >= 0.6 is 27.3 Å². The highest BCUT2D eigenvalue weighted by molar-refractivity contribution is 9.10. The first-order valence-corrected chi connectivity index (χ1v) is 7.87. The molecule has 1 aromatic carbocycles. The van der Waals surface area contributed by atoms with Crippen LogP contribution in [0.5, 0.6) is 0 Å². The Labute approximate surface area is 134 Å². The quantitative estimate of drug-likeness (QED) is 0.718. The summed E-state index contributed by atoms with van der Waals surface area (Å²) in [7, 11) is 0. The van der Waals surface area contributed by atoms with E-state index in [1.165, 1.54) is 11.3 Å². The van der Waals surface area contributed by atoms with Gasteiger partial charge in [0.1, 0.15) is 9.71 Å². The van der Waals surface area contributed by atoms with Gasteiger partial charge in [0, 0.05) is 21.7 Å². The molecule has 0 unspecified atom stereocenters. The molecule has 0 saturated carbocycles. The number of nitrogens with one attached hydrogen (secondary N) is 1. The van der Waals surface area contributed by atoms with Crippen LogP contribution in [0.2, 0.25) is 0 Å². The van der Waals surface area contributed by atoms with Crippen molar-refractivity contribution < 1.29 is 4.79 Å². The summed E-state index contributed by atoms with van der Waals surface area (Å²) in [5, 5.41) is 3.69. The second-order valence-electron chi connectivity index (χ2n) is 4.67. The third-order valence-corrected chi connectivity index (χ3v) is 4.60. The zero-order chi connectivity index (χ0) is 15.0. The number of nitrogens with two attached hydrogens (primary N) is 1. The van der Waals surface area contributed by atoms with Crippen molar-refractivity contribution in [3.05, 3.63) is 51.4 Å². The third kappa shape index (κ3) is 2.77. The van der Waals surface area contributed by atoms with Crippen LogP contribution in [-0.4, -0.2) is 10.9 Å². The van der Waals surface area contributed by atoms with E-state index in [1.54, 1.807) is 6.20 Å². The number of halogens is 1. The number of hydrogen-bond donors (Lipinski definition) is 2. The minimum absolute atomic E-state index is 0.215. The molecule has 21 heavy (non-hydrogen) atoms. The summed E-state index contributed by atoms with van der Waals surface area (Å²) in [6, 6.07) is 9.42. The molecule has 6 heteroatoms. The van der Waals surface area contributed by atoms with E-state index in [2.05, 4.69) is 26.2 Å². The molecule has 0 fully saturated rings. The van der Waals surface area contributed by atoms with Gasteiger partial charge in [-0.25, -0.2) is 4.98 Å². The lowest BCUT2D eigenvalue weighted by molar-refractivity contribution is 0.103. The van der Waals surface area contributed by atoms with E-state index in [0.29, 0.717) is 10.6 Å². The van der Waals surface area contributed by atoms with Crippen molar-refractivity contribution in [2.75, 3.05) is 11.1 Å². The van der Waals surface area contributed by atoms with Crippen LogP contribution < -0.4 is 11.1 Å². The number of aryl methyl sites for hydroxylation is 1. The largest absolute Gasteiger partial charge is 0.397 e. The molecule has 106 valence electrons. The van der Waals surface area contributed by atoms with Crippen LogP contribution in [0.4, 0.5) is 11.4 Å². The third-order valence-electron chi connectivity index (χ3n) is 3.01. The molecule has 0 atom stereocenters. The highest BCUT2D eigenvalue weighted by Gasteiger charge is 2.17. The van der Waals surface area contributed by atoms with Crippen LogP contribution in [-0.2, 0) is 0 Å². The fourth-order valence-corrected chi connectivity index (χ4v) is 3.68. The number of thiophene rings is 1. The molecule has 3 aromatic rings. The van der Waals surface area contributed by atoms with Gasteiger partial charge in [0.05, 0.1) is 5.69 Å². The van der Waals surface area contributed by atoms with E-state index in [-0.39, 0.29) is 5.91 Å². The fourth-order valence-electron chi connectivity index (χ4n) is 2.12. The SMILES string of the molecule is Cc1cc(Br)cc(NC(=O)c2sc3ncccc3c2N)c1. The Morgan fingerprint density at radius 3 is 2.90 bits per heavy atom.